The smallest absolute Gasteiger partial charge is 0.241 e. The number of ether oxygens (including phenoxy) is 1. The van der Waals surface area contributed by atoms with Gasteiger partial charge in [-0.25, -0.2) is 8.42 Å². The molecule has 0 bridgehead atoms. The number of hydrogen-bond acceptors (Lipinski definition) is 5. The van der Waals surface area contributed by atoms with Crippen LogP contribution in [-0.2, 0) is 21.4 Å². The lowest BCUT2D eigenvalue weighted by Crippen LogP contribution is -2.47. The summed E-state index contributed by atoms with van der Waals surface area (Å²) in [6.45, 7) is 4.36. The molecule has 1 unspecified atom stereocenters. The first-order valence-corrected chi connectivity index (χ1v) is 11.1. The van der Waals surface area contributed by atoms with E-state index in [2.05, 4.69) is 4.72 Å². The second kappa shape index (κ2) is 9.34. The first-order chi connectivity index (χ1) is 12.7. The lowest BCUT2D eigenvalue weighted by atomic mass is 10.0. The fraction of sp³-hybridized carbons (Fsp3) is 0.421. The number of amides is 1. The zero-order valence-corrected chi connectivity index (χ0v) is 17.6. The van der Waals surface area contributed by atoms with Crippen LogP contribution in [0.3, 0.4) is 0 Å². The normalized spacial score (nSPS) is 12.8. The van der Waals surface area contributed by atoms with Crippen molar-refractivity contribution in [1.29, 1.82) is 0 Å². The molecular weight excluding hydrogens is 384 g/mol. The van der Waals surface area contributed by atoms with Crippen LogP contribution in [0.15, 0.2) is 46.0 Å². The van der Waals surface area contributed by atoms with Crippen molar-refractivity contribution in [3.63, 3.8) is 0 Å². The van der Waals surface area contributed by atoms with Crippen molar-refractivity contribution in [2.75, 3.05) is 14.2 Å². The number of carbonyl (C=O) groups excluding carboxylic acids is 1. The van der Waals surface area contributed by atoms with E-state index in [-0.39, 0.29) is 16.7 Å². The van der Waals surface area contributed by atoms with Crippen LogP contribution in [0.5, 0.6) is 5.75 Å². The van der Waals surface area contributed by atoms with Crippen molar-refractivity contribution >= 4 is 27.3 Å². The molecule has 0 spiro atoms. The molecule has 1 amide bonds. The average Bonchev–Trinajstić information content (AvgIpc) is 3.13. The van der Waals surface area contributed by atoms with Crippen LogP contribution in [0.1, 0.15) is 25.8 Å². The standard InChI is InChI=1S/C19H26N2O4S2/c1-14(2)11-18(19(22)21(3)12-15-9-10-26-13-15)20-27(23,24)17-7-5-16(25-4)6-8-17/h5-10,13-14,18,20H,11-12H2,1-4H3. The minimum Gasteiger partial charge on any atom is -0.497 e. The Balaban J connectivity index is 2.17. The number of methoxy groups -OCH3 is 1. The molecule has 2 aromatic rings. The Bertz CT molecular complexity index is 831. The van der Waals surface area contributed by atoms with Gasteiger partial charge in [-0.05, 0) is 59.0 Å². The van der Waals surface area contributed by atoms with Crippen LogP contribution in [0.4, 0.5) is 0 Å². The van der Waals surface area contributed by atoms with E-state index in [4.69, 9.17) is 4.74 Å². The minimum atomic E-state index is -3.82. The molecule has 1 aromatic heterocycles. The highest BCUT2D eigenvalue weighted by atomic mass is 32.2. The molecule has 8 heteroatoms. The summed E-state index contributed by atoms with van der Waals surface area (Å²) in [6.07, 6.45) is 0.419. The van der Waals surface area contributed by atoms with Gasteiger partial charge in [0.2, 0.25) is 15.9 Å². The van der Waals surface area contributed by atoms with Crippen molar-refractivity contribution in [2.24, 2.45) is 5.92 Å². The van der Waals surface area contributed by atoms with Crippen LogP contribution >= 0.6 is 11.3 Å². The number of benzene rings is 1. The van der Waals surface area contributed by atoms with Crippen LogP contribution in [0.25, 0.3) is 0 Å². The van der Waals surface area contributed by atoms with Gasteiger partial charge in [0.1, 0.15) is 11.8 Å². The molecular formula is C19H26N2O4S2. The lowest BCUT2D eigenvalue weighted by molar-refractivity contribution is -0.132. The summed E-state index contributed by atoms with van der Waals surface area (Å²) in [6, 6.07) is 7.22. The Labute approximate surface area is 165 Å². The summed E-state index contributed by atoms with van der Waals surface area (Å²) >= 11 is 1.56. The number of thiophene rings is 1. The highest BCUT2D eigenvalue weighted by Crippen LogP contribution is 2.18. The topological polar surface area (TPSA) is 75.7 Å². The molecule has 6 nitrogen and oxygen atoms in total. The molecule has 1 N–H and O–H groups in total. The van der Waals surface area contributed by atoms with E-state index in [0.29, 0.717) is 18.7 Å². The summed E-state index contributed by atoms with van der Waals surface area (Å²) in [5, 5.41) is 3.92. The van der Waals surface area contributed by atoms with E-state index in [0.717, 1.165) is 5.56 Å². The number of carbonyl (C=O) groups is 1. The molecule has 1 aromatic carbocycles. The average molecular weight is 411 g/mol. The van der Waals surface area contributed by atoms with Gasteiger partial charge in [-0.15, -0.1) is 0 Å². The molecule has 0 aliphatic carbocycles. The summed E-state index contributed by atoms with van der Waals surface area (Å²) in [4.78, 5) is 14.6. The van der Waals surface area contributed by atoms with Gasteiger partial charge in [0.05, 0.1) is 12.0 Å². The Morgan fingerprint density at radius 1 is 1.22 bits per heavy atom. The summed E-state index contributed by atoms with van der Waals surface area (Å²) in [5.74, 6) is 0.485. The number of rotatable bonds is 9. The van der Waals surface area contributed by atoms with Crippen molar-refractivity contribution in [3.8, 4) is 5.75 Å². The molecule has 0 saturated carbocycles. The van der Waals surface area contributed by atoms with Gasteiger partial charge in [-0.2, -0.15) is 16.1 Å². The third-order valence-corrected chi connectivity index (χ3v) is 6.27. The molecule has 1 heterocycles. The number of nitrogens with one attached hydrogen (secondary N) is 1. The maximum absolute atomic E-state index is 12.9. The highest BCUT2D eigenvalue weighted by molar-refractivity contribution is 7.89. The molecule has 2 rings (SSSR count). The second-order valence-corrected chi connectivity index (χ2v) is 9.30. The highest BCUT2D eigenvalue weighted by Gasteiger charge is 2.28. The fourth-order valence-corrected chi connectivity index (χ4v) is 4.54. The van der Waals surface area contributed by atoms with Gasteiger partial charge in [0.25, 0.3) is 0 Å². The van der Waals surface area contributed by atoms with E-state index in [1.165, 1.54) is 19.2 Å². The zero-order chi connectivity index (χ0) is 20.0. The molecule has 0 radical (unpaired) electrons. The summed E-state index contributed by atoms with van der Waals surface area (Å²) < 4.78 is 33.1. The first kappa shape index (κ1) is 21.4. The van der Waals surface area contributed by atoms with Gasteiger partial charge in [-0.3, -0.25) is 4.79 Å². The number of likely N-dealkylation sites (N-methyl/N-ethyl adjacent to an activating group) is 1. The Morgan fingerprint density at radius 2 is 1.89 bits per heavy atom. The fourth-order valence-electron chi connectivity index (χ4n) is 2.68. The van der Waals surface area contributed by atoms with E-state index < -0.39 is 16.1 Å². The molecule has 27 heavy (non-hydrogen) atoms. The van der Waals surface area contributed by atoms with Crippen LogP contribution < -0.4 is 9.46 Å². The third-order valence-electron chi connectivity index (χ3n) is 4.05. The first-order valence-electron chi connectivity index (χ1n) is 8.65. The van der Waals surface area contributed by atoms with Gasteiger partial charge >= 0.3 is 0 Å². The van der Waals surface area contributed by atoms with Gasteiger partial charge in [-0.1, -0.05) is 13.8 Å². The summed E-state index contributed by atoms with van der Waals surface area (Å²) in [7, 11) is -0.616. The van der Waals surface area contributed by atoms with Crippen molar-refractivity contribution in [1.82, 2.24) is 9.62 Å². The van der Waals surface area contributed by atoms with Gasteiger partial charge in [0.15, 0.2) is 0 Å². The molecule has 0 fully saturated rings. The maximum atomic E-state index is 12.9. The monoisotopic (exact) mass is 410 g/mol. The number of sulfonamides is 1. The quantitative estimate of drug-likeness (QED) is 0.689. The Hall–Kier alpha value is -1.90. The third kappa shape index (κ3) is 6.05. The lowest BCUT2D eigenvalue weighted by Gasteiger charge is -2.25. The zero-order valence-electron chi connectivity index (χ0n) is 16.0. The van der Waals surface area contributed by atoms with Gasteiger partial charge < -0.3 is 9.64 Å². The second-order valence-electron chi connectivity index (χ2n) is 6.80. The predicted molar refractivity (Wildman–Crippen MR) is 107 cm³/mol. The molecule has 0 aliphatic heterocycles. The van der Waals surface area contributed by atoms with Gasteiger partial charge in [0, 0.05) is 13.6 Å². The Morgan fingerprint density at radius 3 is 2.41 bits per heavy atom. The van der Waals surface area contributed by atoms with Crippen molar-refractivity contribution < 1.29 is 17.9 Å². The van der Waals surface area contributed by atoms with Crippen molar-refractivity contribution in [2.45, 2.75) is 37.8 Å². The number of nitrogens with zero attached hydrogens (tertiary/aromatic N) is 1. The predicted octanol–water partition coefficient (Wildman–Crippen LogP) is 3.11. The van der Waals surface area contributed by atoms with E-state index in [1.54, 1.807) is 35.4 Å². The molecule has 0 saturated heterocycles. The van der Waals surface area contributed by atoms with E-state index >= 15 is 0 Å². The van der Waals surface area contributed by atoms with Crippen molar-refractivity contribution in [3.05, 3.63) is 46.7 Å². The van der Waals surface area contributed by atoms with Crippen LogP contribution in [0, 0.1) is 5.92 Å². The molecule has 148 valence electrons. The summed E-state index contributed by atoms with van der Waals surface area (Å²) in [5.41, 5.74) is 1.03. The molecule has 0 aliphatic rings. The SMILES string of the molecule is COc1ccc(S(=O)(=O)NC(CC(C)C)C(=O)N(C)Cc2ccsc2)cc1. The molecule has 1 atom stereocenters. The van der Waals surface area contributed by atoms with E-state index in [1.807, 2.05) is 30.7 Å². The minimum absolute atomic E-state index is 0.102. The Kier molecular flexibility index (Phi) is 7.41. The number of hydrogen-bond donors (Lipinski definition) is 1. The van der Waals surface area contributed by atoms with Crippen LogP contribution in [-0.4, -0.2) is 39.4 Å². The van der Waals surface area contributed by atoms with Crippen LogP contribution in [0.2, 0.25) is 0 Å². The maximum Gasteiger partial charge on any atom is 0.241 e. The largest absolute Gasteiger partial charge is 0.497 e. The van der Waals surface area contributed by atoms with E-state index in [9.17, 15) is 13.2 Å².